The number of hydrogen-bond acceptors (Lipinski definition) is 9. The van der Waals surface area contributed by atoms with Crippen LogP contribution in [0.2, 0.25) is 0 Å². The maximum Gasteiger partial charge on any atom is 0.408 e. The number of rotatable bonds is 39. The summed E-state index contributed by atoms with van der Waals surface area (Å²) in [7, 11) is 0. The summed E-state index contributed by atoms with van der Waals surface area (Å²) in [5.41, 5.74) is -0.732. The van der Waals surface area contributed by atoms with Gasteiger partial charge in [-0.25, -0.2) is 4.79 Å². The first-order valence-corrected chi connectivity index (χ1v) is 24.0. The number of amides is 2. The smallest absolute Gasteiger partial charge is 0.408 e. The van der Waals surface area contributed by atoms with E-state index in [-0.39, 0.29) is 25.1 Å². The second-order valence-electron chi connectivity index (χ2n) is 16.5. The molecule has 10 nitrogen and oxygen atoms in total. The summed E-state index contributed by atoms with van der Waals surface area (Å²) in [5.74, 6) is -0.169. The molecule has 0 fully saturated rings. The van der Waals surface area contributed by atoms with Crippen LogP contribution in [0.4, 0.5) is 4.79 Å². The molecule has 0 radical (unpaired) electrons. The Labute approximate surface area is 347 Å². The Hall–Kier alpha value is -2.01. The van der Waals surface area contributed by atoms with Gasteiger partial charge in [0.15, 0.2) is 0 Å². The molecule has 0 spiro atoms. The molecule has 3 N–H and O–H groups in total. The van der Waals surface area contributed by atoms with Crippen LogP contribution in [-0.4, -0.2) is 78.1 Å². The number of nitrogens with one attached hydrogen (secondary N) is 2. The minimum absolute atomic E-state index is 0.00732. The molecule has 0 heterocycles. The number of thioether (sulfide) groups is 1. The van der Waals surface area contributed by atoms with Crippen molar-refractivity contribution in [2.75, 3.05) is 31.3 Å². The predicted molar refractivity (Wildman–Crippen MR) is 232 cm³/mol. The third-order valence-corrected chi connectivity index (χ3v) is 10.8. The third-order valence-electron chi connectivity index (χ3n) is 9.74. The highest BCUT2D eigenvalue weighted by atomic mass is 32.2. The van der Waals surface area contributed by atoms with Gasteiger partial charge in [0.2, 0.25) is 5.91 Å². The molecule has 56 heavy (non-hydrogen) atoms. The van der Waals surface area contributed by atoms with Gasteiger partial charge in [-0.2, -0.15) is 11.8 Å². The Morgan fingerprint density at radius 3 is 1.43 bits per heavy atom. The van der Waals surface area contributed by atoms with E-state index in [2.05, 4.69) is 24.5 Å². The zero-order valence-electron chi connectivity index (χ0n) is 36.7. The Kier molecular flexibility index (Phi) is 37.1. The molecule has 330 valence electrons. The number of ether oxygens (including phenoxy) is 3. The molecule has 0 saturated carbocycles. The topological polar surface area (TPSA) is 140 Å². The SMILES string of the molecule is CCCCCCCCCCCCCCCC(=O)OC[C@@H](CSCCNC(=O)[C@@H](CO)NC(=O)OC(C)(C)C)OC(=O)CCCCCCCCCCCCCCC. The minimum Gasteiger partial charge on any atom is -0.462 e. The molecular formula is C45H86N2O8S. The highest BCUT2D eigenvalue weighted by Crippen LogP contribution is 2.16. The number of alkyl carbamates (subject to hydrolysis) is 1. The van der Waals surface area contributed by atoms with Gasteiger partial charge in [0.1, 0.15) is 24.4 Å². The molecule has 0 aliphatic heterocycles. The van der Waals surface area contributed by atoms with E-state index in [0.717, 1.165) is 38.5 Å². The van der Waals surface area contributed by atoms with Crippen molar-refractivity contribution in [2.24, 2.45) is 0 Å². The first kappa shape index (κ1) is 54.0. The number of esters is 2. The molecule has 0 aliphatic carbocycles. The largest absolute Gasteiger partial charge is 0.462 e. The van der Waals surface area contributed by atoms with Gasteiger partial charge in [0, 0.05) is 30.9 Å². The van der Waals surface area contributed by atoms with Gasteiger partial charge >= 0.3 is 18.0 Å². The maximum absolute atomic E-state index is 12.8. The van der Waals surface area contributed by atoms with E-state index in [1.165, 1.54) is 140 Å². The molecule has 0 unspecified atom stereocenters. The zero-order valence-corrected chi connectivity index (χ0v) is 37.5. The summed E-state index contributed by atoms with van der Waals surface area (Å²) in [4.78, 5) is 49.9. The van der Waals surface area contributed by atoms with Gasteiger partial charge in [-0.15, -0.1) is 0 Å². The molecule has 2 amide bonds. The van der Waals surface area contributed by atoms with E-state index in [1.54, 1.807) is 20.8 Å². The highest BCUT2D eigenvalue weighted by molar-refractivity contribution is 7.99. The standard InChI is InChI=1S/C45H86N2O8S/c1-6-8-10-12-14-16-18-20-22-24-26-28-30-32-41(49)53-37-39(38-56-35-34-46-43(51)40(36-48)47-44(52)55-45(3,4)5)54-42(50)33-31-29-27-25-23-21-19-17-15-13-11-9-7-2/h39-40,48H,6-38H2,1-5H3,(H,46,51)(H,47,52)/t39-,40+/m0/s1. The van der Waals surface area contributed by atoms with Gasteiger partial charge in [0.05, 0.1) is 6.61 Å². The van der Waals surface area contributed by atoms with Crippen molar-refractivity contribution in [1.29, 1.82) is 0 Å². The van der Waals surface area contributed by atoms with Crippen LogP contribution in [0.5, 0.6) is 0 Å². The summed E-state index contributed by atoms with van der Waals surface area (Å²) in [5, 5.41) is 14.7. The lowest BCUT2D eigenvalue weighted by Crippen LogP contribution is -2.50. The van der Waals surface area contributed by atoms with Crippen molar-refractivity contribution in [2.45, 2.75) is 232 Å². The maximum atomic E-state index is 12.8. The second kappa shape index (κ2) is 38.5. The number of carbonyl (C=O) groups is 4. The first-order valence-electron chi connectivity index (χ1n) is 22.8. The quantitative estimate of drug-likeness (QED) is 0.0314. The van der Waals surface area contributed by atoms with E-state index in [4.69, 9.17) is 14.2 Å². The van der Waals surface area contributed by atoms with Crippen molar-refractivity contribution < 1.29 is 38.5 Å². The molecule has 0 aromatic rings. The summed E-state index contributed by atoms with van der Waals surface area (Å²) >= 11 is 1.47. The third kappa shape index (κ3) is 37.6. The van der Waals surface area contributed by atoms with Crippen LogP contribution < -0.4 is 10.6 Å². The summed E-state index contributed by atoms with van der Waals surface area (Å²) in [6.45, 7) is 9.35. The number of unbranched alkanes of at least 4 members (excludes halogenated alkanes) is 24. The number of hydrogen-bond donors (Lipinski definition) is 3. The van der Waals surface area contributed by atoms with E-state index in [1.807, 2.05) is 0 Å². The van der Waals surface area contributed by atoms with Crippen molar-refractivity contribution in [3.63, 3.8) is 0 Å². The molecule has 0 aromatic carbocycles. The number of aliphatic hydroxyl groups excluding tert-OH is 1. The molecular weight excluding hydrogens is 729 g/mol. The molecule has 0 rings (SSSR count). The average molecular weight is 815 g/mol. The molecule has 0 saturated heterocycles. The first-order chi connectivity index (χ1) is 27.0. The summed E-state index contributed by atoms with van der Waals surface area (Å²) < 4.78 is 16.5. The van der Waals surface area contributed by atoms with Crippen LogP contribution in [0, 0.1) is 0 Å². The molecule has 0 aromatic heterocycles. The minimum atomic E-state index is -1.14. The van der Waals surface area contributed by atoms with E-state index in [0.29, 0.717) is 24.3 Å². The molecule has 0 aliphatic rings. The lowest BCUT2D eigenvalue weighted by atomic mass is 10.0. The molecule has 0 bridgehead atoms. The summed E-state index contributed by atoms with van der Waals surface area (Å²) in [6.07, 6.45) is 31.5. The lowest BCUT2D eigenvalue weighted by molar-refractivity contribution is -0.157. The normalized spacial score (nSPS) is 12.5. The monoisotopic (exact) mass is 815 g/mol. The second-order valence-corrected chi connectivity index (χ2v) is 17.7. The highest BCUT2D eigenvalue weighted by Gasteiger charge is 2.24. The van der Waals surface area contributed by atoms with Crippen LogP contribution >= 0.6 is 11.8 Å². The van der Waals surface area contributed by atoms with E-state index in [9.17, 15) is 24.3 Å². The predicted octanol–water partition coefficient (Wildman–Crippen LogP) is 11.1. The van der Waals surface area contributed by atoms with Crippen LogP contribution in [0.25, 0.3) is 0 Å². The number of carbonyl (C=O) groups excluding carboxylic acids is 4. The van der Waals surface area contributed by atoms with Crippen LogP contribution in [-0.2, 0) is 28.6 Å². The van der Waals surface area contributed by atoms with Gasteiger partial charge in [-0.1, -0.05) is 168 Å². The summed E-state index contributed by atoms with van der Waals surface area (Å²) in [6, 6.07) is -1.14. The van der Waals surface area contributed by atoms with E-state index < -0.39 is 36.4 Å². The van der Waals surface area contributed by atoms with Crippen LogP contribution in [0.15, 0.2) is 0 Å². The lowest BCUT2D eigenvalue weighted by Gasteiger charge is -2.22. The van der Waals surface area contributed by atoms with Crippen molar-refractivity contribution in [3.05, 3.63) is 0 Å². The van der Waals surface area contributed by atoms with Crippen LogP contribution in [0.3, 0.4) is 0 Å². The van der Waals surface area contributed by atoms with Gasteiger partial charge in [-0.05, 0) is 33.6 Å². The fourth-order valence-corrected chi connectivity index (χ4v) is 7.26. The molecule has 2 atom stereocenters. The van der Waals surface area contributed by atoms with Crippen molar-refractivity contribution in [3.8, 4) is 0 Å². The van der Waals surface area contributed by atoms with Crippen molar-refractivity contribution in [1.82, 2.24) is 10.6 Å². The Bertz CT molecular complexity index is 961. The zero-order chi connectivity index (χ0) is 41.5. The van der Waals surface area contributed by atoms with Gasteiger partial charge in [-0.3, -0.25) is 14.4 Å². The van der Waals surface area contributed by atoms with Crippen molar-refractivity contribution >= 4 is 35.7 Å². The van der Waals surface area contributed by atoms with Gasteiger partial charge in [0.25, 0.3) is 0 Å². The Balaban J connectivity index is 4.52. The Morgan fingerprint density at radius 1 is 0.607 bits per heavy atom. The van der Waals surface area contributed by atoms with Gasteiger partial charge < -0.3 is 30.0 Å². The van der Waals surface area contributed by atoms with Crippen LogP contribution in [0.1, 0.15) is 214 Å². The fourth-order valence-electron chi connectivity index (χ4n) is 6.42. The fraction of sp³-hybridized carbons (Fsp3) is 0.911. The average Bonchev–Trinajstić information content (AvgIpc) is 3.15. The van der Waals surface area contributed by atoms with E-state index >= 15 is 0 Å². The molecule has 11 heteroatoms. The number of aliphatic hydroxyl groups is 1. The Morgan fingerprint density at radius 2 is 1.02 bits per heavy atom.